The van der Waals surface area contributed by atoms with Gasteiger partial charge in [-0.1, -0.05) is 18.2 Å². The number of hydrogen-bond donors (Lipinski definition) is 2. The molecule has 0 radical (unpaired) electrons. The topological polar surface area (TPSA) is 55.1 Å². The zero-order valence-corrected chi connectivity index (χ0v) is 9.67. The highest BCUT2D eigenvalue weighted by Crippen LogP contribution is 2.21. The molecule has 4 heteroatoms. The van der Waals surface area contributed by atoms with E-state index in [1.165, 1.54) is 11.3 Å². The summed E-state index contributed by atoms with van der Waals surface area (Å²) >= 11 is 1.36. The van der Waals surface area contributed by atoms with Crippen molar-refractivity contribution in [3.8, 4) is 0 Å². The molecule has 16 heavy (non-hydrogen) atoms. The van der Waals surface area contributed by atoms with Gasteiger partial charge in [0.1, 0.15) is 0 Å². The molecular weight excluding hydrogens is 220 g/mol. The molecule has 0 aliphatic rings. The maximum Gasteiger partial charge on any atom is 0.258 e. The molecule has 2 rings (SSSR count). The maximum absolute atomic E-state index is 11.9. The summed E-state index contributed by atoms with van der Waals surface area (Å²) in [6.07, 6.45) is 0. The molecule has 0 atom stereocenters. The molecule has 1 heterocycles. The Labute approximate surface area is 97.9 Å². The lowest BCUT2D eigenvalue weighted by molar-refractivity contribution is 0.102. The van der Waals surface area contributed by atoms with Crippen molar-refractivity contribution < 1.29 is 4.79 Å². The highest BCUT2D eigenvalue weighted by atomic mass is 32.1. The van der Waals surface area contributed by atoms with Crippen molar-refractivity contribution in [2.75, 3.05) is 11.1 Å². The fraction of sp³-hybridized carbons (Fsp3) is 0.0833. The minimum Gasteiger partial charge on any atom is -0.390 e. The van der Waals surface area contributed by atoms with Crippen LogP contribution in [-0.4, -0.2) is 5.91 Å². The van der Waals surface area contributed by atoms with Crippen molar-refractivity contribution in [3.63, 3.8) is 0 Å². The molecule has 0 saturated carbocycles. The van der Waals surface area contributed by atoms with Crippen molar-refractivity contribution >= 4 is 27.9 Å². The van der Waals surface area contributed by atoms with Crippen LogP contribution in [0.25, 0.3) is 0 Å². The van der Waals surface area contributed by atoms with E-state index in [2.05, 4.69) is 5.32 Å². The van der Waals surface area contributed by atoms with Crippen LogP contribution in [0, 0.1) is 6.92 Å². The second-order valence-corrected chi connectivity index (χ2v) is 4.42. The van der Waals surface area contributed by atoms with Crippen LogP contribution >= 0.6 is 11.3 Å². The quantitative estimate of drug-likeness (QED) is 0.836. The van der Waals surface area contributed by atoms with Gasteiger partial charge in [-0.2, -0.15) is 0 Å². The van der Waals surface area contributed by atoms with Crippen molar-refractivity contribution in [2.45, 2.75) is 6.92 Å². The van der Waals surface area contributed by atoms with Gasteiger partial charge in [-0.05, 0) is 30.0 Å². The number of carbonyl (C=O) groups excluding carboxylic acids is 1. The first-order chi connectivity index (χ1) is 7.68. The fourth-order valence-corrected chi connectivity index (χ4v) is 2.05. The number of amides is 1. The van der Waals surface area contributed by atoms with Crippen LogP contribution in [0.3, 0.4) is 0 Å². The number of para-hydroxylation sites is 1. The second kappa shape index (κ2) is 4.37. The summed E-state index contributed by atoms with van der Waals surface area (Å²) in [7, 11) is 0. The lowest BCUT2D eigenvalue weighted by Crippen LogP contribution is -2.13. The van der Waals surface area contributed by atoms with Gasteiger partial charge in [-0.15, -0.1) is 11.3 Å². The molecule has 0 unspecified atom stereocenters. The number of thiophene rings is 1. The number of carbonyl (C=O) groups is 1. The number of nitrogen functional groups attached to an aromatic ring is 1. The van der Waals surface area contributed by atoms with E-state index in [-0.39, 0.29) is 5.91 Å². The van der Waals surface area contributed by atoms with Crippen LogP contribution in [0.5, 0.6) is 0 Å². The van der Waals surface area contributed by atoms with E-state index in [1.54, 1.807) is 6.07 Å². The Bertz CT molecular complexity index is 519. The number of benzene rings is 1. The van der Waals surface area contributed by atoms with E-state index < -0.39 is 0 Å². The van der Waals surface area contributed by atoms with Crippen LogP contribution in [-0.2, 0) is 0 Å². The van der Waals surface area contributed by atoms with Gasteiger partial charge in [-0.3, -0.25) is 4.79 Å². The molecule has 0 spiro atoms. The van der Waals surface area contributed by atoms with Crippen LogP contribution in [0.15, 0.2) is 35.7 Å². The van der Waals surface area contributed by atoms with Gasteiger partial charge in [0.25, 0.3) is 5.91 Å². The van der Waals surface area contributed by atoms with Crippen LogP contribution in [0.2, 0.25) is 0 Å². The van der Waals surface area contributed by atoms with Crippen LogP contribution in [0.1, 0.15) is 15.9 Å². The Hall–Kier alpha value is -1.81. The number of hydrogen-bond acceptors (Lipinski definition) is 3. The third kappa shape index (κ3) is 2.06. The number of nitrogens with one attached hydrogen (secondary N) is 1. The normalized spacial score (nSPS) is 10.1. The largest absolute Gasteiger partial charge is 0.390 e. The zero-order valence-electron chi connectivity index (χ0n) is 8.86. The summed E-state index contributed by atoms with van der Waals surface area (Å²) in [6.45, 7) is 1.95. The third-order valence-electron chi connectivity index (χ3n) is 2.33. The number of anilines is 2. The van der Waals surface area contributed by atoms with Gasteiger partial charge in [-0.25, -0.2) is 0 Å². The molecule has 1 aromatic carbocycles. The van der Waals surface area contributed by atoms with Crippen molar-refractivity contribution in [1.29, 1.82) is 0 Å². The minimum absolute atomic E-state index is 0.159. The zero-order chi connectivity index (χ0) is 11.5. The Morgan fingerprint density at radius 1 is 1.31 bits per heavy atom. The van der Waals surface area contributed by atoms with E-state index in [1.807, 2.05) is 36.6 Å². The molecule has 1 amide bonds. The third-order valence-corrected chi connectivity index (χ3v) is 3.08. The van der Waals surface area contributed by atoms with E-state index in [9.17, 15) is 4.79 Å². The Kier molecular flexibility index (Phi) is 2.92. The monoisotopic (exact) mass is 232 g/mol. The Morgan fingerprint density at radius 2 is 2.06 bits per heavy atom. The smallest absolute Gasteiger partial charge is 0.258 e. The summed E-state index contributed by atoms with van der Waals surface area (Å²) < 4.78 is 0. The molecule has 82 valence electrons. The predicted octanol–water partition coefficient (Wildman–Crippen LogP) is 2.89. The maximum atomic E-state index is 11.9. The molecule has 1 aromatic heterocycles. The van der Waals surface area contributed by atoms with Crippen molar-refractivity contribution in [3.05, 3.63) is 46.8 Å². The van der Waals surface area contributed by atoms with Crippen molar-refractivity contribution in [1.82, 2.24) is 0 Å². The lowest BCUT2D eigenvalue weighted by atomic mass is 10.2. The summed E-state index contributed by atoms with van der Waals surface area (Å²) in [5.41, 5.74) is 8.08. The summed E-state index contributed by atoms with van der Waals surface area (Å²) in [5.74, 6) is -0.159. The highest BCUT2D eigenvalue weighted by molar-refractivity contribution is 7.14. The van der Waals surface area contributed by atoms with Crippen LogP contribution in [0.4, 0.5) is 10.7 Å². The molecule has 0 aliphatic carbocycles. The molecule has 0 saturated heterocycles. The molecule has 0 fully saturated rings. The van der Waals surface area contributed by atoms with Gasteiger partial charge in [0, 0.05) is 5.69 Å². The number of nitrogens with two attached hydrogens (primary N) is 1. The van der Waals surface area contributed by atoms with Gasteiger partial charge < -0.3 is 11.1 Å². The number of rotatable bonds is 2. The molecular formula is C12H12N2OS. The summed E-state index contributed by atoms with van der Waals surface area (Å²) in [4.78, 5) is 11.9. The van der Waals surface area contributed by atoms with Crippen molar-refractivity contribution in [2.24, 2.45) is 0 Å². The first-order valence-electron chi connectivity index (χ1n) is 4.88. The van der Waals surface area contributed by atoms with Gasteiger partial charge in [0.2, 0.25) is 0 Å². The highest BCUT2D eigenvalue weighted by Gasteiger charge is 2.11. The first kappa shape index (κ1) is 10.7. The minimum atomic E-state index is -0.159. The van der Waals surface area contributed by atoms with E-state index in [0.717, 1.165) is 11.3 Å². The van der Waals surface area contributed by atoms with Crippen LogP contribution < -0.4 is 11.1 Å². The summed E-state index contributed by atoms with van der Waals surface area (Å²) in [6, 6.07) is 9.37. The van der Waals surface area contributed by atoms with E-state index in [0.29, 0.717) is 10.6 Å². The predicted molar refractivity (Wildman–Crippen MR) is 67.9 cm³/mol. The lowest BCUT2D eigenvalue weighted by Gasteiger charge is -2.07. The van der Waals surface area contributed by atoms with E-state index >= 15 is 0 Å². The van der Waals surface area contributed by atoms with Gasteiger partial charge in [0.15, 0.2) is 0 Å². The number of aryl methyl sites for hydroxylation is 1. The first-order valence-corrected chi connectivity index (χ1v) is 5.76. The fourth-order valence-electron chi connectivity index (χ4n) is 1.41. The standard InChI is InChI=1S/C12H12N2OS/c1-8-4-2-3-5-10(8)14-12(15)9-6-7-16-11(9)13/h2-7H,13H2,1H3,(H,14,15). The second-order valence-electron chi connectivity index (χ2n) is 3.47. The van der Waals surface area contributed by atoms with Gasteiger partial charge >= 0.3 is 0 Å². The Balaban J connectivity index is 2.21. The molecule has 3 N–H and O–H groups in total. The van der Waals surface area contributed by atoms with E-state index in [4.69, 9.17) is 5.73 Å². The molecule has 3 nitrogen and oxygen atoms in total. The SMILES string of the molecule is Cc1ccccc1NC(=O)c1ccsc1N. The Morgan fingerprint density at radius 3 is 2.69 bits per heavy atom. The average Bonchev–Trinajstić information content (AvgIpc) is 2.68. The summed E-state index contributed by atoms with van der Waals surface area (Å²) in [5, 5.41) is 5.20. The molecule has 0 bridgehead atoms. The average molecular weight is 232 g/mol. The van der Waals surface area contributed by atoms with Gasteiger partial charge in [0.05, 0.1) is 10.6 Å². The molecule has 2 aromatic rings. The molecule has 0 aliphatic heterocycles.